The summed E-state index contributed by atoms with van der Waals surface area (Å²) in [5, 5.41) is 6.50. The molecule has 0 radical (unpaired) electrons. The summed E-state index contributed by atoms with van der Waals surface area (Å²) in [6.07, 6.45) is 2.49. The number of nitrogens with zero attached hydrogens (tertiary/aromatic N) is 1. The Balaban J connectivity index is 1.98. The summed E-state index contributed by atoms with van der Waals surface area (Å²) in [5.74, 6) is 0. The molecule has 0 aliphatic rings. The van der Waals surface area contributed by atoms with Crippen molar-refractivity contribution in [3.05, 3.63) is 10.5 Å². The quantitative estimate of drug-likeness (QED) is 0.751. The number of unbranched alkanes of at least 4 members (excludes halogenated alkanes) is 1. The third-order valence-electron chi connectivity index (χ3n) is 1.77. The van der Waals surface area contributed by atoms with Gasteiger partial charge >= 0.3 is 0 Å². The maximum Gasteiger partial charge on any atom is 0.184 e. The molecular weight excluding hydrogens is 232 g/mol. The van der Waals surface area contributed by atoms with Crippen molar-refractivity contribution in [3.63, 3.8) is 0 Å². The highest BCUT2D eigenvalue weighted by Crippen LogP contribution is 2.18. The maximum atomic E-state index is 5.70. The normalized spacial score (nSPS) is 10.9. The minimum Gasteiger partial charge on any atom is -0.379 e. The van der Waals surface area contributed by atoms with Crippen molar-refractivity contribution in [2.75, 3.05) is 18.5 Å². The lowest BCUT2D eigenvalue weighted by Crippen LogP contribution is -2.06. The fourth-order valence-corrected chi connectivity index (χ4v) is 1.94. The van der Waals surface area contributed by atoms with Crippen LogP contribution in [0.3, 0.4) is 0 Å². The number of thiazole rings is 1. The van der Waals surface area contributed by atoms with E-state index in [2.05, 4.69) is 24.1 Å². The molecule has 15 heavy (non-hydrogen) atoms. The minimum atomic E-state index is 0.329. The molecule has 1 rings (SSSR count). The number of halogens is 1. The Labute approximate surface area is 99.8 Å². The molecule has 0 fully saturated rings. The third kappa shape index (κ3) is 5.97. The Morgan fingerprint density at radius 3 is 2.93 bits per heavy atom. The van der Waals surface area contributed by atoms with Crippen molar-refractivity contribution in [3.8, 4) is 0 Å². The highest BCUT2D eigenvalue weighted by molar-refractivity contribution is 7.14. The van der Waals surface area contributed by atoms with Crippen molar-refractivity contribution >= 4 is 28.1 Å². The molecule has 5 heteroatoms. The van der Waals surface area contributed by atoms with E-state index in [9.17, 15) is 0 Å². The average molecular weight is 249 g/mol. The molecule has 1 heterocycles. The first-order valence-electron chi connectivity index (χ1n) is 5.15. The molecule has 3 nitrogen and oxygen atoms in total. The van der Waals surface area contributed by atoms with E-state index in [-0.39, 0.29) is 0 Å². The van der Waals surface area contributed by atoms with Gasteiger partial charge in [-0.2, -0.15) is 0 Å². The minimum absolute atomic E-state index is 0.329. The van der Waals surface area contributed by atoms with Gasteiger partial charge in [0.2, 0.25) is 0 Å². The van der Waals surface area contributed by atoms with Crippen LogP contribution in [0.4, 0.5) is 5.13 Å². The predicted molar refractivity (Wildman–Crippen MR) is 65.9 cm³/mol. The molecule has 0 spiro atoms. The van der Waals surface area contributed by atoms with Crippen LogP contribution in [0.15, 0.2) is 5.38 Å². The first-order chi connectivity index (χ1) is 7.18. The molecule has 0 unspecified atom stereocenters. The van der Waals surface area contributed by atoms with Crippen LogP contribution in [0.25, 0.3) is 0 Å². The largest absolute Gasteiger partial charge is 0.379 e. The van der Waals surface area contributed by atoms with Crippen molar-refractivity contribution in [2.45, 2.75) is 32.8 Å². The lowest BCUT2D eigenvalue weighted by molar-refractivity contribution is 0.0765. The molecule has 1 aromatic rings. The number of hydrogen-bond donors (Lipinski definition) is 1. The molecule has 1 aromatic heterocycles. The van der Waals surface area contributed by atoms with Crippen LogP contribution in [0, 0.1) is 0 Å². The van der Waals surface area contributed by atoms with E-state index in [0.717, 1.165) is 31.1 Å². The molecule has 0 saturated heterocycles. The van der Waals surface area contributed by atoms with Crippen molar-refractivity contribution in [1.82, 2.24) is 4.98 Å². The van der Waals surface area contributed by atoms with Gasteiger partial charge in [-0.1, -0.05) is 11.6 Å². The molecule has 0 saturated carbocycles. The lowest BCUT2D eigenvalue weighted by atomic mass is 10.3. The van der Waals surface area contributed by atoms with Crippen LogP contribution in [0.1, 0.15) is 26.7 Å². The van der Waals surface area contributed by atoms with E-state index in [0.29, 0.717) is 11.3 Å². The van der Waals surface area contributed by atoms with Crippen LogP contribution in [-0.2, 0) is 4.74 Å². The summed E-state index contributed by atoms with van der Waals surface area (Å²) in [7, 11) is 0. The van der Waals surface area contributed by atoms with Crippen LogP contribution >= 0.6 is 22.9 Å². The Morgan fingerprint density at radius 2 is 2.33 bits per heavy atom. The Morgan fingerprint density at radius 1 is 1.53 bits per heavy atom. The van der Waals surface area contributed by atoms with Crippen LogP contribution in [0.2, 0.25) is 5.15 Å². The number of nitrogens with one attached hydrogen (secondary N) is 1. The van der Waals surface area contributed by atoms with E-state index in [1.165, 1.54) is 11.3 Å². The number of aromatic nitrogens is 1. The summed E-state index contributed by atoms with van der Waals surface area (Å²) in [6.45, 7) is 5.86. The zero-order chi connectivity index (χ0) is 11.1. The summed E-state index contributed by atoms with van der Waals surface area (Å²) in [6, 6.07) is 0. The zero-order valence-electron chi connectivity index (χ0n) is 9.12. The van der Waals surface area contributed by atoms with Gasteiger partial charge in [-0.05, 0) is 26.7 Å². The van der Waals surface area contributed by atoms with E-state index in [4.69, 9.17) is 16.3 Å². The number of ether oxygens (including phenoxy) is 1. The van der Waals surface area contributed by atoms with Gasteiger partial charge in [0.05, 0.1) is 6.10 Å². The van der Waals surface area contributed by atoms with E-state index in [1.807, 2.05) is 5.38 Å². The van der Waals surface area contributed by atoms with Gasteiger partial charge in [0.25, 0.3) is 0 Å². The third-order valence-corrected chi connectivity index (χ3v) is 2.90. The van der Waals surface area contributed by atoms with Gasteiger partial charge in [0.15, 0.2) is 5.13 Å². The smallest absolute Gasteiger partial charge is 0.184 e. The fourth-order valence-electron chi connectivity index (χ4n) is 1.08. The van der Waals surface area contributed by atoms with Crippen LogP contribution in [-0.4, -0.2) is 24.2 Å². The Hall–Kier alpha value is -0.320. The lowest BCUT2D eigenvalue weighted by Gasteiger charge is -2.07. The van der Waals surface area contributed by atoms with E-state index >= 15 is 0 Å². The molecule has 1 N–H and O–H groups in total. The molecule has 86 valence electrons. The fraction of sp³-hybridized carbons (Fsp3) is 0.700. The van der Waals surface area contributed by atoms with Crippen molar-refractivity contribution in [2.24, 2.45) is 0 Å². The first kappa shape index (κ1) is 12.7. The highest BCUT2D eigenvalue weighted by Gasteiger charge is 1.98. The second-order valence-corrected chi connectivity index (χ2v) is 4.77. The van der Waals surface area contributed by atoms with E-state index in [1.54, 1.807) is 0 Å². The molecule has 0 aromatic carbocycles. The standard InChI is InChI=1S/C10H17ClN2OS/c1-8(2)14-6-4-3-5-12-10-13-9(11)7-15-10/h7-8H,3-6H2,1-2H3,(H,12,13). The van der Waals surface area contributed by atoms with E-state index < -0.39 is 0 Å². The second kappa shape index (κ2) is 7.04. The van der Waals surface area contributed by atoms with Gasteiger partial charge in [-0.15, -0.1) is 11.3 Å². The molecule has 0 aliphatic carbocycles. The van der Waals surface area contributed by atoms with Crippen molar-refractivity contribution in [1.29, 1.82) is 0 Å². The number of rotatable bonds is 7. The van der Waals surface area contributed by atoms with Crippen LogP contribution in [0.5, 0.6) is 0 Å². The topological polar surface area (TPSA) is 34.1 Å². The van der Waals surface area contributed by atoms with Gasteiger partial charge in [0, 0.05) is 18.5 Å². The molecule has 0 bridgehead atoms. The molecule has 0 aliphatic heterocycles. The predicted octanol–water partition coefficient (Wildman–Crippen LogP) is 3.41. The summed E-state index contributed by atoms with van der Waals surface area (Å²) < 4.78 is 5.44. The Kier molecular flexibility index (Phi) is 5.98. The first-order valence-corrected chi connectivity index (χ1v) is 6.40. The summed E-state index contributed by atoms with van der Waals surface area (Å²) in [4.78, 5) is 4.10. The van der Waals surface area contributed by atoms with Crippen LogP contribution < -0.4 is 5.32 Å². The summed E-state index contributed by atoms with van der Waals surface area (Å²) >= 11 is 7.23. The van der Waals surface area contributed by atoms with Crippen molar-refractivity contribution < 1.29 is 4.74 Å². The number of hydrogen-bond acceptors (Lipinski definition) is 4. The highest BCUT2D eigenvalue weighted by atomic mass is 35.5. The van der Waals surface area contributed by atoms with Gasteiger partial charge in [-0.25, -0.2) is 4.98 Å². The Bertz CT molecular complexity index is 278. The summed E-state index contributed by atoms with van der Waals surface area (Å²) in [5.41, 5.74) is 0. The van der Waals surface area contributed by atoms with Gasteiger partial charge in [-0.3, -0.25) is 0 Å². The average Bonchev–Trinajstić information content (AvgIpc) is 2.57. The molecule has 0 amide bonds. The zero-order valence-corrected chi connectivity index (χ0v) is 10.7. The monoisotopic (exact) mass is 248 g/mol. The molecule has 0 atom stereocenters. The number of anilines is 1. The van der Waals surface area contributed by atoms with Gasteiger partial charge < -0.3 is 10.1 Å². The second-order valence-electron chi connectivity index (χ2n) is 3.53. The SMILES string of the molecule is CC(C)OCCCCNc1nc(Cl)cs1. The molecular formula is C10H17ClN2OS. The van der Waals surface area contributed by atoms with Gasteiger partial charge in [0.1, 0.15) is 5.15 Å². The maximum absolute atomic E-state index is 5.70.